The fourth-order valence-electron chi connectivity index (χ4n) is 0.271. The second kappa shape index (κ2) is 3.41. The van der Waals surface area contributed by atoms with Gasteiger partial charge in [0.05, 0.1) is 0 Å². The number of ether oxygens (including phenoxy) is 1. The largest absolute Gasteiger partial charge is 0.453 e. The number of hydrogen-bond acceptors (Lipinski definition) is 2. The zero-order chi connectivity index (χ0) is 9.07. The molecule has 0 aromatic heterocycles. The first-order valence-electron chi connectivity index (χ1n) is 2.72. The molecule has 0 spiro atoms. The standard InChI is InChI=1S/C6H7F3O2/c1-4(2)5(10)11-3-6(7,8)9/h1,3H2,2H3. The van der Waals surface area contributed by atoms with E-state index < -0.39 is 18.8 Å². The van der Waals surface area contributed by atoms with Crippen molar-refractivity contribution in [2.75, 3.05) is 6.61 Å². The molecule has 0 radical (unpaired) electrons. The van der Waals surface area contributed by atoms with Gasteiger partial charge in [0.1, 0.15) is 0 Å². The minimum Gasteiger partial charge on any atom is -0.453 e. The highest BCUT2D eigenvalue weighted by Crippen LogP contribution is 2.14. The molecule has 0 saturated carbocycles. The fraction of sp³-hybridized carbons (Fsp3) is 0.500. The zero-order valence-electron chi connectivity index (χ0n) is 5.86. The van der Waals surface area contributed by atoms with Gasteiger partial charge in [-0.2, -0.15) is 13.2 Å². The first-order valence-corrected chi connectivity index (χ1v) is 2.72. The summed E-state index contributed by atoms with van der Waals surface area (Å²) >= 11 is 0. The topological polar surface area (TPSA) is 26.3 Å². The smallest absolute Gasteiger partial charge is 0.422 e. The number of hydrogen-bond donors (Lipinski definition) is 0. The van der Waals surface area contributed by atoms with E-state index in [0.29, 0.717) is 0 Å². The van der Waals surface area contributed by atoms with Crippen LogP contribution in [0.3, 0.4) is 0 Å². The lowest BCUT2D eigenvalue weighted by Gasteiger charge is -2.06. The predicted octanol–water partition coefficient (Wildman–Crippen LogP) is 1.67. The number of rotatable bonds is 2. The molecule has 0 aliphatic heterocycles. The zero-order valence-corrected chi connectivity index (χ0v) is 5.86. The highest BCUT2D eigenvalue weighted by molar-refractivity contribution is 5.86. The third kappa shape index (κ3) is 5.44. The molecule has 11 heavy (non-hydrogen) atoms. The molecule has 0 unspecified atom stereocenters. The molecule has 2 nitrogen and oxygen atoms in total. The maximum absolute atomic E-state index is 11.4. The van der Waals surface area contributed by atoms with Gasteiger partial charge in [-0.05, 0) is 6.92 Å². The molecule has 0 aromatic rings. The van der Waals surface area contributed by atoms with Crippen LogP contribution in [0.1, 0.15) is 6.92 Å². The molecule has 0 aromatic carbocycles. The van der Waals surface area contributed by atoms with Crippen LogP contribution in [0.4, 0.5) is 13.2 Å². The Kier molecular flexibility index (Phi) is 3.10. The second-order valence-electron chi connectivity index (χ2n) is 1.97. The third-order valence-electron chi connectivity index (χ3n) is 0.715. The summed E-state index contributed by atoms with van der Waals surface area (Å²) in [5.41, 5.74) is -0.0470. The lowest BCUT2D eigenvalue weighted by atomic mass is 10.4. The van der Waals surface area contributed by atoms with Gasteiger partial charge in [-0.15, -0.1) is 0 Å². The maximum Gasteiger partial charge on any atom is 0.422 e. The van der Waals surface area contributed by atoms with Crippen molar-refractivity contribution in [3.63, 3.8) is 0 Å². The lowest BCUT2D eigenvalue weighted by Crippen LogP contribution is -2.20. The molecule has 0 fully saturated rings. The molecule has 0 rings (SSSR count). The number of carbonyl (C=O) groups excluding carboxylic acids is 1. The normalized spacial score (nSPS) is 10.9. The van der Waals surface area contributed by atoms with E-state index in [4.69, 9.17) is 0 Å². The van der Waals surface area contributed by atoms with Crippen LogP contribution in [0.15, 0.2) is 12.2 Å². The fourth-order valence-corrected chi connectivity index (χ4v) is 0.271. The minimum atomic E-state index is -4.47. The maximum atomic E-state index is 11.4. The van der Waals surface area contributed by atoms with Gasteiger partial charge < -0.3 is 4.74 Å². The molecule has 0 heterocycles. The number of halogens is 3. The Morgan fingerprint density at radius 1 is 1.55 bits per heavy atom. The van der Waals surface area contributed by atoms with Gasteiger partial charge in [0.25, 0.3) is 0 Å². The van der Waals surface area contributed by atoms with Crippen molar-refractivity contribution in [2.24, 2.45) is 0 Å². The molecular formula is C6H7F3O2. The van der Waals surface area contributed by atoms with E-state index in [2.05, 4.69) is 11.3 Å². The van der Waals surface area contributed by atoms with Crippen molar-refractivity contribution in [3.05, 3.63) is 12.2 Å². The van der Waals surface area contributed by atoms with Crippen LogP contribution >= 0.6 is 0 Å². The summed E-state index contributed by atoms with van der Waals surface area (Å²) in [6.07, 6.45) is -4.47. The van der Waals surface area contributed by atoms with Crippen molar-refractivity contribution in [1.29, 1.82) is 0 Å². The first-order chi connectivity index (χ1) is 4.83. The minimum absolute atomic E-state index is 0.0470. The average Bonchev–Trinajstić information content (AvgIpc) is 1.80. The summed E-state index contributed by atoms with van der Waals surface area (Å²) in [7, 11) is 0. The first kappa shape index (κ1) is 10.0. The van der Waals surface area contributed by atoms with Gasteiger partial charge in [0.15, 0.2) is 6.61 Å². The van der Waals surface area contributed by atoms with Gasteiger partial charge in [-0.3, -0.25) is 0 Å². The molecule has 0 amide bonds. The average molecular weight is 168 g/mol. The van der Waals surface area contributed by atoms with Gasteiger partial charge in [-0.1, -0.05) is 6.58 Å². The van der Waals surface area contributed by atoms with E-state index in [0.717, 1.165) is 0 Å². The van der Waals surface area contributed by atoms with Crippen LogP contribution in [0.25, 0.3) is 0 Å². The van der Waals surface area contributed by atoms with E-state index in [1.54, 1.807) is 0 Å². The lowest BCUT2D eigenvalue weighted by molar-refractivity contribution is -0.183. The molecule has 64 valence electrons. The van der Waals surface area contributed by atoms with Crippen molar-refractivity contribution >= 4 is 5.97 Å². The number of esters is 1. The van der Waals surface area contributed by atoms with E-state index in [-0.39, 0.29) is 5.57 Å². The summed E-state index contributed by atoms with van der Waals surface area (Å²) in [6.45, 7) is 2.83. The van der Waals surface area contributed by atoms with Gasteiger partial charge in [0, 0.05) is 5.57 Å². The van der Waals surface area contributed by atoms with Crippen molar-refractivity contribution in [2.45, 2.75) is 13.1 Å². The summed E-state index contributed by atoms with van der Waals surface area (Å²) in [4.78, 5) is 10.4. The monoisotopic (exact) mass is 168 g/mol. The molecule has 0 atom stereocenters. The third-order valence-corrected chi connectivity index (χ3v) is 0.715. The van der Waals surface area contributed by atoms with Gasteiger partial charge in [-0.25, -0.2) is 4.79 Å². The summed E-state index contributed by atoms with van der Waals surface area (Å²) in [5.74, 6) is -1.03. The molecule has 0 bridgehead atoms. The Bertz CT molecular complexity index is 171. The van der Waals surface area contributed by atoms with Crippen LogP contribution in [0, 0.1) is 0 Å². The second-order valence-corrected chi connectivity index (χ2v) is 1.97. The molecule has 0 N–H and O–H groups in total. The van der Waals surface area contributed by atoms with Crippen LogP contribution in [0.5, 0.6) is 0 Å². The van der Waals surface area contributed by atoms with E-state index >= 15 is 0 Å². The van der Waals surface area contributed by atoms with Crippen LogP contribution in [0.2, 0.25) is 0 Å². The molecule has 0 saturated heterocycles. The van der Waals surface area contributed by atoms with Crippen molar-refractivity contribution < 1.29 is 22.7 Å². The highest BCUT2D eigenvalue weighted by Gasteiger charge is 2.29. The summed E-state index contributed by atoms with van der Waals surface area (Å²) in [5, 5.41) is 0. The van der Waals surface area contributed by atoms with Crippen molar-refractivity contribution in [3.8, 4) is 0 Å². The number of carbonyl (C=O) groups is 1. The van der Waals surface area contributed by atoms with Crippen LogP contribution < -0.4 is 0 Å². The Balaban J connectivity index is 3.73. The van der Waals surface area contributed by atoms with Crippen LogP contribution in [-0.2, 0) is 9.53 Å². The molecule has 0 aliphatic carbocycles. The van der Waals surface area contributed by atoms with Crippen molar-refractivity contribution in [1.82, 2.24) is 0 Å². The summed E-state index contributed by atoms with van der Waals surface area (Å²) in [6, 6.07) is 0. The quantitative estimate of drug-likeness (QED) is 0.463. The Morgan fingerprint density at radius 3 is 2.27 bits per heavy atom. The Hall–Kier alpha value is -1.00. The Labute approximate surface area is 61.6 Å². The van der Waals surface area contributed by atoms with E-state index in [1.165, 1.54) is 6.92 Å². The molecule has 0 aliphatic rings. The SMILES string of the molecule is C=C(C)C(=O)OCC(F)(F)F. The molecule has 5 heteroatoms. The summed E-state index contributed by atoms with van der Waals surface area (Å²) < 4.78 is 37.9. The highest BCUT2D eigenvalue weighted by atomic mass is 19.4. The van der Waals surface area contributed by atoms with Gasteiger partial charge >= 0.3 is 12.1 Å². The predicted molar refractivity (Wildman–Crippen MR) is 31.8 cm³/mol. The van der Waals surface area contributed by atoms with E-state index in [1.807, 2.05) is 0 Å². The van der Waals surface area contributed by atoms with Gasteiger partial charge in [0.2, 0.25) is 0 Å². The molecular weight excluding hydrogens is 161 g/mol. The Morgan fingerprint density at radius 2 is 2.00 bits per heavy atom. The number of alkyl halides is 3. The van der Waals surface area contributed by atoms with E-state index in [9.17, 15) is 18.0 Å². The van der Waals surface area contributed by atoms with Crippen LogP contribution in [-0.4, -0.2) is 18.8 Å².